The molecule has 0 rings (SSSR count). The number of carbonyl (C=O) groups excluding carboxylic acids is 2. The number of nitrogens with zero attached hydrogens (tertiary/aromatic N) is 1. The summed E-state index contributed by atoms with van der Waals surface area (Å²) in [6, 6.07) is -0.849. The Bertz CT molecular complexity index is 1380. The second kappa shape index (κ2) is 55.5. The van der Waals surface area contributed by atoms with E-state index < -0.39 is 20.0 Å². The van der Waals surface area contributed by atoms with Crippen molar-refractivity contribution in [3.8, 4) is 0 Å². The van der Waals surface area contributed by atoms with Crippen LogP contribution in [-0.4, -0.2) is 74.3 Å². The first-order valence-corrected chi connectivity index (χ1v) is 33.8. The van der Waals surface area contributed by atoms with E-state index in [9.17, 15) is 19.0 Å². The van der Waals surface area contributed by atoms with E-state index in [1.165, 1.54) is 205 Å². The predicted octanol–water partition coefficient (Wildman–Crippen LogP) is 19.9. The van der Waals surface area contributed by atoms with Crippen LogP contribution in [0.5, 0.6) is 0 Å². The molecular weight excluding hydrogens is 952 g/mol. The number of likely N-dealkylation sites (N-methyl/N-ethyl adjacent to an activating group) is 1. The lowest BCUT2D eigenvalue weighted by Gasteiger charge is -2.27. The number of rotatable bonds is 59. The zero-order chi connectivity index (χ0) is 55.0. The highest BCUT2D eigenvalue weighted by Crippen LogP contribution is 2.43. The number of hydrogen-bond donors (Lipinski definition) is 2. The molecule has 75 heavy (non-hydrogen) atoms. The van der Waals surface area contributed by atoms with Crippen molar-refractivity contribution in [1.82, 2.24) is 5.32 Å². The zero-order valence-corrected chi connectivity index (χ0v) is 51.5. The molecule has 0 aliphatic carbocycles. The number of hydrogen-bond acceptors (Lipinski definition) is 6. The summed E-state index contributed by atoms with van der Waals surface area (Å²) in [6.45, 7) is 7.01. The summed E-state index contributed by atoms with van der Waals surface area (Å²) in [6.07, 6.45) is 67.2. The maximum Gasteiger partial charge on any atom is 0.472 e. The summed E-state index contributed by atoms with van der Waals surface area (Å²) >= 11 is 0. The number of quaternary nitrogens is 1. The van der Waals surface area contributed by atoms with Gasteiger partial charge in [-0.3, -0.25) is 18.6 Å². The number of carbonyl (C=O) groups is 2. The maximum absolute atomic E-state index is 13.6. The summed E-state index contributed by atoms with van der Waals surface area (Å²) in [4.78, 5) is 37.7. The van der Waals surface area contributed by atoms with Crippen LogP contribution >= 0.6 is 7.82 Å². The molecule has 0 fully saturated rings. The van der Waals surface area contributed by atoms with Gasteiger partial charge >= 0.3 is 13.8 Å². The van der Waals surface area contributed by atoms with Gasteiger partial charge < -0.3 is 19.4 Å². The molecule has 1 amide bonds. The largest absolute Gasteiger partial charge is 0.472 e. The fourth-order valence-electron chi connectivity index (χ4n) is 9.58. The van der Waals surface area contributed by atoms with E-state index in [4.69, 9.17) is 13.8 Å². The molecule has 0 saturated carbocycles. The van der Waals surface area contributed by atoms with Gasteiger partial charge in [-0.2, -0.15) is 0 Å². The average molecular weight is 1080 g/mol. The van der Waals surface area contributed by atoms with Crippen LogP contribution in [-0.2, 0) is 27.9 Å². The number of nitrogens with one attached hydrogen (secondary N) is 1. The van der Waals surface area contributed by atoms with Gasteiger partial charge in [0.2, 0.25) is 5.91 Å². The van der Waals surface area contributed by atoms with Crippen molar-refractivity contribution in [3.05, 3.63) is 36.5 Å². The smallest absolute Gasteiger partial charge is 0.456 e. The highest BCUT2D eigenvalue weighted by Gasteiger charge is 2.30. The highest BCUT2D eigenvalue weighted by atomic mass is 31.2. The van der Waals surface area contributed by atoms with Crippen molar-refractivity contribution in [1.29, 1.82) is 0 Å². The van der Waals surface area contributed by atoms with Crippen LogP contribution in [0.4, 0.5) is 0 Å². The number of phosphoric acid groups is 1. The van der Waals surface area contributed by atoms with Crippen LogP contribution in [0.2, 0.25) is 0 Å². The van der Waals surface area contributed by atoms with Crippen LogP contribution < -0.4 is 5.32 Å². The SMILES string of the molecule is CCCCC/C=C/C=C/CCCCCCCCC(=O)OC(/C=C\CCCCCCCCCCC)C(COP(=O)(O)OCC[N+](C)(C)C)NC(=O)CCCCCCCCCCCCCCCCCCCCCCCCC. The Labute approximate surface area is 466 Å². The Hall–Kier alpha value is -1.77. The van der Waals surface area contributed by atoms with Gasteiger partial charge in [0, 0.05) is 12.8 Å². The van der Waals surface area contributed by atoms with Crippen molar-refractivity contribution in [2.24, 2.45) is 0 Å². The normalized spacial score (nSPS) is 13.9. The van der Waals surface area contributed by atoms with Gasteiger partial charge in [-0.1, -0.05) is 282 Å². The van der Waals surface area contributed by atoms with E-state index in [0.717, 1.165) is 77.0 Å². The van der Waals surface area contributed by atoms with Gasteiger partial charge in [-0.25, -0.2) is 4.57 Å². The zero-order valence-electron chi connectivity index (χ0n) is 50.6. The van der Waals surface area contributed by atoms with Gasteiger partial charge in [0.1, 0.15) is 19.3 Å². The van der Waals surface area contributed by atoms with Crippen molar-refractivity contribution in [3.63, 3.8) is 0 Å². The molecule has 3 unspecified atom stereocenters. The first-order valence-electron chi connectivity index (χ1n) is 32.3. The highest BCUT2D eigenvalue weighted by molar-refractivity contribution is 7.47. The molecule has 0 aromatic heterocycles. The predicted molar refractivity (Wildman–Crippen MR) is 323 cm³/mol. The second-order valence-corrected chi connectivity index (χ2v) is 24.8. The Morgan fingerprint density at radius 3 is 1.20 bits per heavy atom. The van der Waals surface area contributed by atoms with Gasteiger partial charge in [0.25, 0.3) is 0 Å². The minimum absolute atomic E-state index is 0.0405. The number of amides is 1. The third kappa shape index (κ3) is 56.8. The molecule has 2 N–H and O–H groups in total. The summed E-state index contributed by atoms with van der Waals surface area (Å²) in [5.41, 5.74) is 0. The Balaban J connectivity index is 5.09. The fraction of sp³-hybridized carbons (Fsp3) is 0.877. The van der Waals surface area contributed by atoms with Crippen LogP contribution in [0, 0.1) is 0 Å². The minimum Gasteiger partial charge on any atom is -0.456 e. The van der Waals surface area contributed by atoms with Gasteiger partial charge in [0.05, 0.1) is 33.8 Å². The van der Waals surface area contributed by atoms with Crippen LogP contribution in [0.1, 0.15) is 316 Å². The molecular formula is C65H126N2O7P+. The number of phosphoric ester groups is 1. The molecule has 0 aromatic carbocycles. The van der Waals surface area contributed by atoms with Crippen molar-refractivity contribution in [2.45, 2.75) is 328 Å². The topological polar surface area (TPSA) is 111 Å². The molecule has 0 heterocycles. The molecule has 0 saturated heterocycles. The molecule has 3 atom stereocenters. The molecule has 10 heteroatoms. The summed E-state index contributed by atoms with van der Waals surface area (Å²) in [5, 5.41) is 3.06. The molecule has 0 aliphatic heterocycles. The maximum atomic E-state index is 13.6. The first-order chi connectivity index (χ1) is 36.4. The third-order valence-corrected chi connectivity index (χ3v) is 15.6. The van der Waals surface area contributed by atoms with Crippen LogP contribution in [0.25, 0.3) is 0 Å². The Morgan fingerprint density at radius 1 is 0.467 bits per heavy atom. The molecule has 9 nitrogen and oxygen atoms in total. The molecule has 0 aliphatic rings. The lowest BCUT2D eigenvalue weighted by atomic mass is 10.0. The summed E-state index contributed by atoms with van der Waals surface area (Å²) in [7, 11) is 1.50. The van der Waals surface area contributed by atoms with E-state index >= 15 is 0 Å². The van der Waals surface area contributed by atoms with E-state index in [2.05, 4.69) is 50.4 Å². The standard InChI is InChI=1S/C65H125N2O7P/c1-7-10-13-16-19-22-25-27-29-30-31-32-33-34-35-36-38-39-42-45-48-51-54-57-64(68)66-62(61-73-75(70,71)72-60-59-67(4,5)6)63(56-53-50-47-44-41-24-21-18-15-12-9-3)74-65(69)58-55-52-49-46-43-40-37-28-26-23-20-17-14-11-8-2/h20,23,26,28,53,56,62-63H,7-19,21-22,24-25,27,29-52,54-55,57-61H2,1-6H3,(H-,66,68,70,71)/p+1/b23-20+,28-26+,56-53-. The van der Waals surface area contributed by atoms with Crippen molar-refractivity contribution < 1.29 is 37.3 Å². The quantitative estimate of drug-likeness (QED) is 0.0156. The van der Waals surface area contributed by atoms with Gasteiger partial charge in [-0.15, -0.1) is 0 Å². The third-order valence-electron chi connectivity index (χ3n) is 14.6. The first kappa shape index (κ1) is 73.2. The molecule has 0 radical (unpaired) electrons. The molecule has 0 bridgehead atoms. The van der Waals surface area contributed by atoms with Crippen LogP contribution in [0.15, 0.2) is 36.5 Å². The van der Waals surface area contributed by atoms with Gasteiger partial charge in [-0.05, 0) is 57.4 Å². The van der Waals surface area contributed by atoms with Gasteiger partial charge in [0.15, 0.2) is 0 Å². The average Bonchev–Trinajstić information content (AvgIpc) is 3.37. The number of unbranched alkanes of at least 4 members (excludes halogenated alkanes) is 40. The lowest BCUT2D eigenvalue weighted by Crippen LogP contribution is -2.47. The monoisotopic (exact) mass is 1080 g/mol. The van der Waals surface area contributed by atoms with Crippen LogP contribution in [0.3, 0.4) is 0 Å². The number of esters is 1. The fourth-order valence-corrected chi connectivity index (χ4v) is 10.3. The Morgan fingerprint density at radius 2 is 0.800 bits per heavy atom. The number of allylic oxidation sites excluding steroid dienone is 5. The van der Waals surface area contributed by atoms with Crippen molar-refractivity contribution >= 4 is 19.7 Å². The lowest BCUT2D eigenvalue weighted by molar-refractivity contribution is -0.870. The summed E-state index contributed by atoms with van der Waals surface area (Å²) in [5.74, 6) is -0.505. The molecule has 0 aromatic rings. The second-order valence-electron chi connectivity index (χ2n) is 23.3. The minimum atomic E-state index is -4.45. The summed E-state index contributed by atoms with van der Waals surface area (Å²) < 4.78 is 30.7. The Kier molecular flexibility index (Phi) is 54.2. The molecule has 442 valence electrons. The molecule has 0 spiro atoms. The van der Waals surface area contributed by atoms with E-state index in [1.54, 1.807) is 0 Å². The van der Waals surface area contributed by atoms with Crippen molar-refractivity contribution in [2.75, 3.05) is 40.9 Å². The van der Waals surface area contributed by atoms with E-state index in [1.807, 2.05) is 33.3 Å². The van der Waals surface area contributed by atoms with E-state index in [0.29, 0.717) is 17.4 Å². The number of ether oxygens (including phenoxy) is 1. The van der Waals surface area contributed by atoms with E-state index in [-0.39, 0.29) is 31.5 Å².